The van der Waals surface area contributed by atoms with Crippen LogP contribution in [-0.4, -0.2) is 70.5 Å². The first-order chi connectivity index (χ1) is 13.5. The van der Waals surface area contributed by atoms with Gasteiger partial charge < -0.3 is 20.1 Å². The van der Waals surface area contributed by atoms with Crippen LogP contribution < -0.4 is 5.32 Å². The monoisotopic (exact) mass is 423 g/mol. The maximum absolute atomic E-state index is 10.1. The highest BCUT2D eigenvalue weighted by atomic mass is 35.5. The van der Waals surface area contributed by atoms with Crippen molar-refractivity contribution in [1.82, 2.24) is 19.9 Å². The molecule has 152 valence electrons. The number of likely N-dealkylation sites (tertiary alicyclic amines) is 1. The Morgan fingerprint density at radius 2 is 2.18 bits per heavy atom. The van der Waals surface area contributed by atoms with Crippen LogP contribution in [0.5, 0.6) is 0 Å². The van der Waals surface area contributed by atoms with Gasteiger partial charge in [-0.25, -0.2) is 15.0 Å². The van der Waals surface area contributed by atoms with Crippen LogP contribution in [0.15, 0.2) is 12.4 Å². The predicted molar refractivity (Wildman–Crippen MR) is 111 cm³/mol. The minimum Gasteiger partial charge on any atom is -0.389 e. The first kappa shape index (κ1) is 20.0. The number of piperidine rings is 1. The second-order valence-corrected chi connectivity index (χ2v) is 9.24. The molecule has 0 spiro atoms. The van der Waals surface area contributed by atoms with Crippen LogP contribution in [0.25, 0.3) is 10.6 Å². The van der Waals surface area contributed by atoms with Crippen LogP contribution in [0.4, 0.5) is 5.95 Å². The van der Waals surface area contributed by atoms with E-state index in [4.69, 9.17) is 21.3 Å². The highest BCUT2D eigenvalue weighted by Gasteiger charge is 2.29. The molecule has 2 fully saturated rings. The fourth-order valence-corrected chi connectivity index (χ4v) is 5.39. The van der Waals surface area contributed by atoms with Gasteiger partial charge in [-0.2, -0.15) is 0 Å². The standard InChI is InChI=1S/C19H26ClN5O2S/c1-11-9-25(2)5-3-12(11)18-21-8-16(28-18)17-13(20)7-22-19(24-17)23-14-4-6-27-10-15(14)26/h7-8,11-12,14-15,26H,3-6,9-10H2,1-2H3,(H,22,23,24)/t11-,12+,14-,15-/m1/s1. The summed E-state index contributed by atoms with van der Waals surface area (Å²) in [6.07, 6.45) is 4.73. The quantitative estimate of drug-likeness (QED) is 0.782. The van der Waals surface area contributed by atoms with Crippen molar-refractivity contribution in [3.63, 3.8) is 0 Å². The molecular formula is C19H26ClN5O2S. The second kappa shape index (κ2) is 8.59. The van der Waals surface area contributed by atoms with Crippen molar-refractivity contribution >= 4 is 28.9 Å². The van der Waals surface area contributed by atoms with Crippen molar-refractivity contribution in [1.29, 1.82) is 0 Å². The van der Waals surface area contributed by atoms with Crippen molar-refractivity contribution < 1.29 is 9.84 Å². The van der Waals surface area contributed by atoms with E-state index in [9.17, 15) is 5.11 Å². The number of aliphatic hydroxyl groups is 1. The Morgan fingerprint density at radius 1 is 1.32 bits per heavy atom. The van der Waals surface area contributed by atoms with Crippen LogP contribution in [0, 0.1) is 5.92 Å². The van der Waals surface area contributed by atoms with E-state index < -0.39 is 6.10 Å². The molecule has 2 saturated heterocycles. The Hall–Kier alpha value is -1.32. The molecule has 7 nitrogen and oxygen atoms in total. The van der Waals surface area contributed by atoms with Crippen molar-refractivity contribution in [3.05, 3.63) is 22.4 Å². The molecule has 9 heteroatoms. The lowest BCUT2D eigenvalue weighted by molar-refractivity contribution is -0.0136. The third-order valence-corrected chi connectivity index (χ3v) is 6.98. The summed E-state index contributed by atoms with van der Waals surface area (Å²) >= 11 is 8.06. The summed E-state index contributed by atoms with van der Waals surface area (Å²) in [6.45, 7) is 5.42. The van der Waals surface area contributed by atoms with Crippen molar-refractivity contribution in [2.75, 3.05) is 38.7 Å². The van der Waals surface area contributed by atoms with Gasteiger partial charge in [0.15, 0.2) is 0 Å². The van der Waals surface area contributed by atoms with Crippen LogP contribution in [-0.2, 0) is 4.74 Å². The van der Waals surface area contributed by atoms with Crippen molar-refractivity contribution in [2.24, 2.45) is 5.92 Å². The average molecular weight is 424 g/mol. The van der Waals surface area contributed by atoms with Gasteiger partial charge in [0.1, 0.15) is 5.69 Å². The third-order valence-electron chi connectivity index (χ3n) is 5.57. The number of nitrogens with one attached hydrogen (secondary N) is 1. The molecule has 4 rings (SSSR count). The smallest absolute Gasteiger partial charge is 0.223 e. The second-order valence-electron chi connectivity index (χ2n) is 7.77. The minimum atomic E-state index is -0.572. The summed E-state index contributed by atoms with van der Waals surface area (Å²) in [5.41, 5.74) is 0.685. The minimum absolute atomic E-state index is 0.125. The fraction of sp³-hybridized carbons (Fsp3) is 0.632. The van der Waals surface area contributed by atoms with Gasteiger partial charge in [-0.3, -0.25) is 0 Å². The van der Waals surface area contributed by atoms with Crippen molar-refractivity contribution in [3.8, 4) is 10.6 Å². The van der Waals surface area contributed by atoms with Crippen LogP contribution >= 0.6 is 22.9 Å². The maximum atomic E-state index is 10.1. The molecule has 0 aromatic carbocycles. The predicted octanol–water partition coefficient (Wildman–Crippen LogP) is 2.87. The summed E-state index contributed by atoms with van der Waals surface area (Å²) in [6, 6.07) is -0.125. The molecule has 0 unspecified atom stereocenters. The summed E-state index contributed by atoms with van der Waals surface area (Å²) in [5, 5.41) is 15.0. The number of aliphatic hydroxyl groups excluding tert-OH is 1. The van der Waals surface area contributed by atoms with Gasteiger partial charge in [0, 0.05) is 25.3 Å². The number of ether oxygens (including phenoxy) is 1. The van der Waals surface area contributed by atoms with Gasteiger partial charge in [-0.1, -0.05) is 18.5 Å². The Balaban J connectivity index is 1.53. The Bertz CT molecular complexity index is 819. The first-order valence-corrected chi connectivity index (χ1v) is 10.9. The number of thiazole rings is 1. The number of aromatic nitrogens is 3. The lowest BCUT2D eigenvalue weighted by Gasteiger charge is -2.33. The number of anilines is 1. The van der Waals surface area contributed by atoms with Crippen LogP contribution in [0.2, 0.25) is 5.02 Å². The van der Waals surface area contributed by atoms with Crippen LogP contribution in [0.3, 0.4) is 0 Å². The summed E-state index contributed by atoms with van der Waals surface area (Å²) < 4.78 is 5.28. The summed E-state index contributed by atoms with van der Waals surface area (Å²) in [4.78, 5) is 16.9. The van der Waals surface area contributed by atoms with Crippen LogP contribution in [0.1, 0.15) is 30.7 Å². The molecule has 2 aromatic rings. The SMILES string of the molecule is C[C@@H]1CN(C)CC[C@@H]1c1ncc(-c2nc(N[C@@H]3CCOC[C@H]3O)ncc2Cl)s1. The normalized spacial score (nSPS) is 29.0. The summed E-state index contributed by atoms with van der Waals surface area (Å²) in [7, 11) is 2.17. The van der Waals surface area contributed by atoms with E-state index in [0.717, 1.165) is 29.4 Å². The highest BCUT2D eigenvalue weighted by Crippen LogP contribution is 2.38. The lowest BCUT2D eigenvalue weighted by atomic mass is 9.88. The molecule has 4 atom stereocenters. The maximum Gasteiger partial charge on any atom is 0.223 e. The first-order valence-electron chi connectivity index (χ1n) is 9.70. The van der Waals surface area contributed by atoms with E-state index in [0.29, 0.717) is 48.1 Å². The molecule has 0 amide bonds. The summed E-state index contributed by atoms with van der Waals surface area (Å²) in [5.74, 6) is 1.52. The molecule has 0 aliphatic carbocycles. The molecule has 2 N–H and O–H groups in total. The third kappa shape index (κ3) is 4.31. The van der Waals surface area contributed by atoms with E-state index in [1.165, 1.54) is 0 Å². The lowest BCUT2D eigenvalue weighted by Crippen LogP contribution is -2.42. The Labute approximate surface area is 174 Å². The largest absolute Gasteiger partial charge is 0.389 e. The van der Waals surface area contributed by atoms with Gasteiger partial charge in [-0.05, 0) is 32.4 Å². The number of hydrogen-bond acceptors (Lipinski definition) is 8. The number of hydrogen-bond donors (Lipinski definition) is 2. The molecule has 2 aliphatic rings. The Kier molecular flexibility index (Phi) is 6.13. The Morgan fingerprint density at radius 3 is 2.96 bits per heavy atom. The average Bonchev–Trinajstić information content (AvgIpc) is 3.14. The molecule has 4 heterocycles. The fourth-order valence-electron chi connectivity index (χ4n) is 3.96. The molecule has 0 radical (unpaired) electrons. The van der Waals surface area contributed by atoms with Gasteiger partial charge in [0.25, 0.3) is 0 Å². The number of halogens is 1. The van der Waals surface area contributed by atoms with Gasteiger partial charge >= 0.3 is 0 Å². The molecule has 0 bridgehead atoms. The molecule has 0 saturated carbocycles. The molecular weight excluding hydrogens is 398 g/mol. The topological polar surface area (TPSA) is 83.4 Å². The van der Waals surface area contributed by atoms with Crippen molar-refractivity contribution in [2.45, 2.75) is 37.8 Å². The van der Waals surface area contributed by atoms with E-state index >= 15 is 0 Å². The molecule has 2 aliphatic heterocycles. The van der Waals surface area contributed by atoms with E-state index in [2.05, 4.69) is 34.2 Å². The van der Waals surface area contributed by atoms with E-state index in [1.54, 1.807) is 17.5 Å². The molecule has 2 aromatic heterocycles. The zero-order chi connectivity index (χ0) is 19.7. The van der Waals surface area contributed by atoms with E-state index in [1.807, 2.05) is 6.20 Å². The van der Waals surface area contributed by atoms with Gasteiger partial charge in [0.2, 0.25) is 5.95 Å². The number of rotatable bonds is 4. The zero-order valence-corrected chi connectivity index (χ0v) is 17.7. The van der Waals surface area contributed by atoms with Gasteiger partial charge in [0.05, 0.1) is 39.9 Å². The zero-order valence-electron chi connectivity index (χ0n) is 16.1. The number of nitrogens with zero attached hydrogens (tertiary/aromatic N) is 4. The highest BCUT2D eigenvalue weighted by molar-refractivity contribution is 7.15. The molecule has 28 heavy (non-hydrogen) atoms. The van der Waals surface area contributed by atoms with Gasteiger partial charge in [-0.15, -0.1) is 11.3 Å². The van der Waals surface area contributed by atoms with E-state index in [-0.39, 0.29) is 6.04 Å².